The molecule has 0 aliphatic carbocycles. The molecule has 443 valence electrons. The molecule has 1 fully saturated rings. The van der Waals surface area contributed by atoms with Gasteiger partial charge in [-0.1, -0.05) is 76.6 Å². The number of guanidine groups is 1. The third-order valence-corrected chi connectivity index (χ3v) is 14.4. The van der Waals surface area contributed by atoms with Crippen LogP contribution in [0.15, 0.2) is 72.1 Å². The summed E-state index contributed by atoms with van der Waals surface area (Å²) in [5.41, 5.74) is 15.1. The SMILES string of the molecule is CC[C@H](C)[C@H](NC(=O)[C@H](Cc1ccc(O)cc1)NC(=O)[C@@H](NC(=O)[C@H](CCCN=C(N)N)NC(=O)[C@@H](N)CC(=O)O)C(C)C)C(=O)N[C@@H](Cc1cnc[nH]1)C(=O)NC1C(C(=O)N[C@@H](Cc2ccccc2)C(=O)O)C(C)(C)N([O])C1(C)C. The van der Waals surface area contributed by atoms with Crippen molar-refractivity contribution in [1.29, 1.82) is 0 Å². The predicted octanol–water partition coefficient (Wildman–Crippen LogP) is -0.986. The molecule has 7 amide bonds. The average Bonchev–Trinajstić information content (AvgIpc) is 3.97. The Kier molecular flexibility index (Phi) is 23.7. The summed E-state index contributed by atoms with van der Waals surface area (Å²) in [5.74, 6) is -11.6. The number of hydrogen-bond acceptors (Lipinski definition) is 14. The first-order chi connectivity index (χ1) is 38.0. The second kappa shape index (κ2) is 29.3. The van der Waals surface area contributed by atoms with Crippen LogP contribution in [0.2, 0.25) is 0 Å². The Morgan fingerprint density at radius 2 is 1.26 bits per heavy atom. The lowest BCUT2D eigenvalue weighted by atomic mass is 9.81. The van der Waals surface area contributed by atoms with Crippen molar-refractivity contribution in [3.8, 4) is 5.75 Å². The molecule has 0 spiro atoms. The van der Waals surface area contributed by atoms with E-state index in [1.165, 1.54) is 64.5 Å². The molecule has 1 aliphatic heterocycles. The van der Waals surface area contributed by atoms with Gasteiger partial charge in [0.2, 0.25) is 41.4 Å². The summed E-state index contributed by atoms with van der Waals surface area (Å²) in [6.45, 7) is 12.8. The summed E-state index contributed by atoms with van der Waals surface area (Å²) in [7, 11) is 0. The van der Waals surface area contributed by atoms with Gasteiger partial charge in [0.05, 0.1) is 41.8 Å². The maximum atomic E-state index is 14.7. The fourth-order valence-corrected chi connectivity index (χ4v) is 9.61. The molecule has 1 aromatic heterocycles. The van der Waals surface area contributed by atoms with Crippen molar-refractivity contribution in [2.45, 2.75) is 160 Å². The molecule has 1 saturated heterocycles. The molecule has 2 heterocycles. The lowest BCUT2D eigenvalue weighted by molar-refractivity contribution is -0.249. The van der Waals surface area contributed by atoms with Crippen molar-refractivity contribution in [3.63, 3.8) is 0 Å². The molecule has 1 aliphatic rings. The highest BCUT2D eigenvalue weighted by atomic mass is 16.5. The number of nitrogens with one attached hydrogen (secondary N) is 8. The number of carboxylic acids is 2. The lowest BCUT2D eigenvalue weighted by Crippen LogP contribution is -2.63. The number of rotatable bonds is 30. The van der Waals surface area contributed by atoms with Gasteiger partial charge in [0.25, 0.3) is 0 Å². The standard InChI is InChI=1S/C54H79N14O13/c1-9-29(4)42(50(78)63-37(24-32-26-58-27-60-32)47(75)67-43-40(53(5,6)68(81)54(43,7)8)48(76)64-38(51(79)80)23-30-14-11-10-12-15-30)66-46(74)36(22-31-17-19-33(69)20-18-31)62-49(77)41(28(2)3)65-45(73)35(16-13-21-59-52(56)57)61-44(72)34(55)25-39(70)71/h10-12,14-15,17-20,26-29,34-38,40-43,69H,9,13,16,21-25,55H2,1-8H3,(H,58,60)(H,61,72)(H,62,77)(H,63,78)(H,64,76)(H,65,73)(H,66,74)(H,67,75)(H,70,71)(H,79,80)(H4,56,57,59)/t29-,34-,35-,36-,37-,38-,40?,41-,42-,43?/m0/s1. The number of H-pyrrole nitrogens is 1. The number of aliphatic imine (C=N–C) groups is 1. The van der Waals surface area contributed by atoms with Gasteiger partial charge in [-0.3, -0.25) is 43.3 Å². The number of aromatic amines is 1. The molecule has 0 saturated carbocycles. The maximum absolute atomic E-state index is 14.7. The normalized spacial score (nSPS) is 18.5. The highest BCUT2D eigenvalue weighted by Crippen LogP contribution is 2.44. The number of hydrogen-bond donors (Lipinski definition) is 14. The first-order valence-electron chi connectivity index (χ1n) is 26.6. The van der Waals surface area contributed by atoms with Crippen LogP contribution in [-0.2, 0) is 67.6 Å². The number of phenolic OH excluding ortho intramolecular Hbond substituents is 1. The maximum Gasteiger partial charge on any atom is 0.326 e. The van der Waals surface area contributed by atoms with Crippen LogP contribution in [0.3, 0.4) is 0 Å². The van der Waals surface area contributed by atoms with E-state index >= 15 is 0 Å². The van der Waals surface area contributed by atoms with Gasteiger partial charge in [-0.15, -0.1) is 10.3 Å². The predicted molar refractivity (Wildman–Crippen MR) is 294 cm³/mol. The van der Waals surface area contributed by atoms with Crippen molar-refractivity contribution in [2.75, 3.05) is 6.54 Å². The van der Waals surface area contributed by atoms with Gasteiger partial charge in [-0.25, -0.2) is 9.78 Å². The molecule has 0 bridgehead atoms. The molecule has 10 atom stereocenters. The minimum atomic E-state index is -1.53. The average molecular weight is 1130 g/mol. The number of amides is 7. The number of hydroxylamine groups is 2. The first-order valence-corrected chi connectivity index (χ1v) is 26.6. The zero-order valence-electron chi connectivity index (χ0n) is 46.9. The fraction of sp³-hybridized carbons (Fsp3) is 0.537. The van der Waals surface area contributed by atoms with Crippen LogP contribution >= 0.6 is 0 Å². The Labute approximate surface area is 469 Å². The fourth-order valence-electron chi connectivity index (χ4n) is 9.61. The quantitative estimate of drug-likeness (QED) is 0.0217. The molecular formula is C54H79N14O13. The van der Waals surface area contributed by atoms with Gasteiger partial charge in [0, 0.05) is 37.7 Å². The summed E-state index contributed by atoms with van der Waals surface area (Å²) in [6, 6.07) is 3.15. The number of imidazole rings is 1. The van der Waals surface area contributed by atoms with Gasteiger partial charge in [-0.2, -0.15) is 0 Å². The number of aromatic nitrogens is 2. The number of nitrogens with two attached hydrogens (primary N) is 3. The van der Waals surface area contributed by atoms with E-state index in [1.807, 2.05) is 0 Å². The van der Waals surface area contributed by atoms with Crippen LogP contribution < -0.4 is 54.4 Å². The third kappa shape index (κ3) is 18.4. The second-order valence-electron chi connectivity index (χ2n) is 21.7. The monoisotopic (exact) mass is 1130 g/mol. The van der Waals surface area contributed by atoms with Gasteiger partial charge in [0.15, 0.2) is 5.96 Å². The van der Waals surface area contributed by atoms with Crippen LogP contribution in [0.4, 0.5) is 0 Å². The van der Waals surface area contributed by atoms with Gasteiger partial charge < -0.3 is 74.7 Å². The van der Waals surface area contributed by atoms with Crippen LogP contribution in [0, 0.1) is 17.8 Å². The number of carbonyl (C=O) groups is 9. The van der Waals surface area contributed by atoms with E-state index in [2.05, 4.69) is 52.2 Å². The molecule has 17 N–H and O–H groups in total. The summed E-state index contributed by atoms with van der Waals surface area (Å²) in [4.78, 5) is 134. The van der Waals surface area contributed by atoms with E-state index in [4.69, 9.17) is 17.2 Å². The van der Waals surface area contributed by atoms with Crippen LogP contribution in [0.1, 0.15) is 97.9 Å². The summed E-state index contributed by atoms with van der Waals surface area (Å²) >= 11 is 0. The molecule has 2 aromatic carbocycles. The smallest absolute Gasteiger partial charge is 0.326 e. The first kappa shape index (κ1) is 65.3. The van der Waals surface area contributed by atoms with E-state index in [1.54, 1.807) is 58.0 Å². The number of nitrogens with zero attached hydrogens (tertiary/aromatic N) is 3. The summed E-state index contributed by atoms with van der Waals surface area (Å²) in [6.07, 6.45) is 1.92. The highest BCUT2D eigenvalue weighted by molar-refractivity contribution is 5.97. The number of benzene rings is 2. The minimum absolute atomic E-state index is 0.0480. The Bertz CT molecular complexity index is 2680. The van der Waals surface area contributed by atoms with Crippen molar-refractivity contribution >= 4 is 59.2 Å². The topological polar surface area (TPSA) is 441 Å². The lowest BCUT2D eigenvalue weighted by Gasteiger charge is -2.34. The van der Waals surface area contributed by atoms with Gasteiger partial charge >= 0.3 is 11.9 Å². The molecule has 27 heteroatoms. The molecular weight excluding hydrogens is 1050 g/mol. The van der Waals surface area contributed by atoms with E-state index in [0.29, 0.717) is 28.3 Å². The van der Waals surface area contributed by atoms with E-state index in [9.17, 15) is 63.7 Å². The molecule has 4 rings (SSSR count). The summed E-state index contributed by atoms with van der Waals surface area (Å²) in [5, 5.41) is 62.9. The van der Waals surface area contributed by atoms with Crippen molar-refractivity contribution < 1.29 is 63.7 Å². The third-order valence-electron chi connectivity index (χ3n) is 14.4. The Morgan fingerprint density at radius 1 is 0.704 bits per heavy atom. The van der Waals surface area contributed by atoms with Crippen molar-refractivity contribution in [2.24, 2.45) is 39.9 Å². The number of carboxylic acid groups (broad SMARTS) is 2. The molecule has 81 heavy (non-hydrogen) atoms. The van der Waals surface area contributed by atoms with Crippen LogP contribution in [-0.4, -0.2) is 156 Å². The van der Waals surface area contributed by atoms with Gasteiger partial charge in [0.1, 0.15) is 42.0 Å². The molecule has 3 aromatic rings. The van der Waals surface area contributed by atoms with Crippen molar-refractivity contribution in [3.05, 3.63) is 83.9 Å². The Balaban J connectivity index is 1.64. The van der Waals surface area contributed by atoms with E-state index in [-0.39, 0.29) is 50.4 Å². The largest absolute Gasteiger partial charge is 0.508 e. The molecule has 27 nitrogen and oxygen atoms in total. The Hall–Kier alpha value is -8.17. The van der Waals surface area contributed by atoms with Gasteiger partial charge in [-0.05, 0) is 75.6 Å². The number of carbonyl (C=O) groups excluding carboxylic acids is 7. The van der Waals surface area contributed by atoms with E-state index in [0.717, 1.165) is 0 Å². The van der Waals surface area contributed by atoms with Crippen molar-refractivity contribution in [1.82, 2.24) is 52.2 Å². The Morgan fingerprint density at radius 3 is 1.81 bits per heavy atom. The molecule has 2 unspecified atom stereocenters. The molecule has 1 radical (unpaired) electrons. The number of phenols is 1. The number of aliphatic carboxylic acids is 2. The highest BCUT2D eigenvalue weighted by Gasteiger charge is 2.63. The second-order valence-corrected chi connectivity index (χ2v) is 21.7. The number of aromatic hydroxyl groups is 1. The van der Waals surface area contributed by atoms with Crippen LogP contribution in [0.25, 0.3) is 0 Å². The van der Waals surface area contributed by atoms with Crippen LogP contribution in [0.5, 0.6) is 5.75 Å². The summed E-state index contributed by atoms with van der Waals surface area (Å²) < 4.78 is 0. The zero-order chi connectivity index (χ0) is 60.5. The minimum Gasteiger partial charge on any atom is -0.508 e. The zero-order valence-corrected chi connectivity index (χ0v) is 46.9. The van der Waals surface area contributed by atoms with E-state index < -0.39 is 137 Å².